The van der Waals surface area contributed by atoms with Crippen LogP contribution in [0.1, 0.15) is 27.7 Å². The normalized spacial score (nSPS) is 13.9. The van der Waals surface area contributed by atoms with E-state index < -0.39 is 0 Å². The number of nitrogens with one attached hydrogen (secondary N) is 1. The van der Waals surface area contributed by atoms with Crippen LogP contribution in [0.2, 0.25) is 0 Å². The third-order valence-electron chi connectivity index (χ3n) is 2.02. The molecule has 0 aliphatic carbocycles. The van der Waals surface area contributed by atoms with Gasteiger partial charge in [0.15, 0.2) is 0 Å². The lowest BCUT2D eigenvalue weighted by atomic mass is 10.1. The molecule has 0 aromatic heterocycles. The van der Waals surface area contributed by atoms with Gasteiger partial charge in [-0.25, -0.2) is 0 Å². The van der Waals surface area contributed by atoms with Crippen LogP contribution in [-0.4, -0.2) is 39.0 Å². The SMILES string of the molecule is CNCC(OCCOC(C)C)C(C)C. The molecule has 3 heteroatoms. The van der Waals surface area contributed by atoms with Crippen molar-refractivity contribution in [3.8, 4) is 0 Å². The van der Waals surface area contributed by atoms with Crippen LogP contribution in [0, 0.1) is 5.92 Å². The molecule has 1 atom stereocenters. The quantitative estimate of drug-likeness (QED) is 0.609. The second kappa shape index (κ2) is 8.21. The van der Waals surface area contributed by atoms with Gasteiger partial charge in [0.05, 0.1) is 25.4 Å². The fourth-order valence-electron chi connectivity index (χ4n) is 1.17. The summed E-state index contributed by atoms with van der Waals surface area (Å²) < 4.78 is 11.1. The van der Waals surface area contributed by atoms with Gasteiger partial charge in [-0.3, -0.25) is 0 Å². The third kappa shape index (κ3) is 7.30. The molecule has 0 heterocycles. The fraction of sp³-hybridized carbons (Fsp3) is 1.00. The summed E-state index contributed by atoms with van der Waals surface area (Å²) in [6.45, 7) is 10.7. The lowest BCUT2D eigenvalue weighted by molar-refractivity contribution is -0.0266. The molecule has 0 aliphatic heterocycles. The van der Waals surface area contributed by atoms with Gasteiger partial charge in [0.25, 0.3) is 0 Å². The first-order chi connectivity index (χ1) is 6.57. The van der Waals surface area contributed by atoms with Gasteiger partial charge in [0.1, 0.15) is 0 Å². The summed E-state index contributed by atoms with van der Waals surface area (Å²) in [6.07, 6.45) is 0.580. The van der Waals surface area contributed by atoms with E-state index in [0.717, 1.165) is 6.54 Å². The molecular weight excluding hydrogens is 178 g/mol. The molecule has 1 unspecified atom stereocenters. The summed E-state index contributed by atoms with van der Waals surface area (Å²) in [5.74, 6) is 0.543. The molecule has 3 nitrogen and oxygen atoms in total. The number of hydrogen-bond acceptors (Lipinski definition) is 3. The Labute approximate surface area is 88.2 Å². The Kier molecular flexibility index (Phi) is 8.14. The first kappa shape index (κ1) is 13.9. The Morgan fingerprint density at radius 2 is 1.57 bits per heavy atom. The monoisotopic (exact) mass is 203 g/mol. The Bertz CT molecular complexity index is 126. The molecule has 0 amide bonds. The maximum Gasteiger partial charge on any atom is 0.0723 e. The van der Waals surface area contributed by atoms with E-state index in [0.29, 0.717) is 25.2 Å². The molecule has 0 rings (SSSR count). The van der Waals surface area contributed by atoms with Crippen molar-refractivity contribution in [1.29, 1.82) is 0 Å². The minimum atomic E-state index is 0.288. The van der Waals surface area contributed by atoms with Crippen LogP contribution < -0.4 is 5.32 Å². The summed E-state index contributed by atoms with van der Waals surface area (Å²) in [7, 11) is 1.95. The van der Waals surface area contributed by atoms with E-state index in [1.165, 1.54) is 0 Å². The van der Waals surface area contributed by atoms with Crippen LogP contribution in [0.15, 0.2) is 0 Å². The molecule has 0 saturated carbocycles. The smallest absolute Gasteiger partial charge is 0.0723 e. The van der Waals surface area contributed by atoms with Crippen molar-refractivity contribution in [1.82, 2.24) is 5.32 Å². The first-order valence-electron chi connectivity index (χ1n) is 5.45. The number of rotatable bonds is 8. The average molecular weight is 203 g/mol. The largest absolute Gasteiger partial charge is 0.376 e. The number of ether oxygens (including phenoxy) is 2. The summed E-state index contributed by atoms with van der Waals surface area (Å²) in [6, 6.07) is 0. The maximum atomic E-state index is 5.71. The van der Waals surface area contributed by atoms with E-state index >= 15 is 0 Å². The fourth-order valence-corrected chi connectivity index (χ4v) is 1.17. The van der Waals surface area contributed by atoms with Gasteiger partial charge < -0.3 is 14.8 Å². The number of likely N-dealkylation sites (N-methyl/N-ethyl adjacent to an activating group) is 1. The third-order valence-corrected chi connectivity index (χ3v) is 2.02. The van der Waals surface area contributed by atoms with Gasteiger partial charge >= 0.3 is 0 Å². The highest BCUT2D eigenvalue weighted by Crippen LogP contribution is 2.05. The molecule has 0 aromatic rings. The summed E-state index contributed by atoms with van der Waals surface area (Å²) in [4.78, 5) is 0. The van der Waals surface area contributed by atoms with E-state index in [9.17, 15) is 0 Å². The molecule has 0 bridgehead atoms. The Morgan fingerprint density at radius 1 is 1.00 bits per heavy atom. The Hall–Kier alpha value is -0.120. The van der Waals surface area contributed by atoms with Crippen molar-refractivity contribution in [3.63, 3.8) is 0 Å². The number of hydrogen-bond donors (Lipinski definition) is 1. The van der Waals surface area contributed by atoms with Crippen LogP contribution in [-0.2, 0) is 9.47 Å². The van der Waals surface area contributed by atoms with Crippen molar-refractivity contribution >= 4 is 0 Å². The van der Waals surface area contributed by atoms with Crippen molar-refractivity contribution < 1.29 is 9.47 Å². The van der Waals surface area contributed by atoms with Gasteiger partial charge in [-0.1, -0.05) is 13.8 Å². The molecule has 0 saturated heterocycles. The minimum absolute atomic E-state index is 0.288. The zero-order valence-electron chi connectivity index (χ0n) is 10.2. The zero-order chi connectivity index (χ0) is 11.0. The topological polar surface area (TPSA) is 30.5 Å². The molecule has 1 N–H and O–H groups in total. The van der Waals surface area contributed by atoms with E-state index in [-0.39, 0.29) is 6.10 Å². The van der Waals surface area contributed by atoms with Gasteiger partial charge in [-0.2, -0.15) is 0 Å². The predicted molar refractivity (Wildman–Crippen MR) is 59.6 cm³/mol. The first-order valence-corrected chi connectivity index (χ1v) is 5.45. The lowest BCUT2D eigenvalue weighted by Gasteiger charge is -2.21. The molecule has 0 fully saturated rings. The van der Waals surface area contributed by atoms with Gasteiger partial charge in [0.2, 0.25) is 0 Å². The standard InChI is InChI=1S/C11H25NO2/c1-9(2)11(8-12-5)14-7-6-13-10(3)4/h9-12H,6-8H2,1-5H3. The van der Waals surface area contributed by atoms with Crippen LogP contribution >= 0.6 is 0 Å². The second-order valence-electron chi connectivity index (χ2n) is 4.13. The van der Waals surface area contributed by atoms with E-state index in [1.807, 2.05) is 20.9 Å². The minimum Gasteiger partial charge on any atom is -0.376 e. The summed E-state index contributed by atoms with van der Waals surface area (Å²) in [5, 5.41) is 3.13. The van der Waals surface area contributed by atoms with Gasteiger partial charge in [0, 0.05) is 6.54 Å². The maximum absolute atomic E-state index is 5.71. The van der Waals surface area contributed by atoms with E-state index in [4.69, 9.17) is 9.47 Å². The van der Waals surface area contributed by atoms with Crippen LogP contribution in [0.3, 0.4) is 0 Å². The van der Waals surface area contributed by atoms with Gasteiger partial charge in [-0.05, 0) is 26.8 Å². The molecule has 86 valence electrons. The Morgan fingerprint density at radius 3 is 2.00 bits per heavy atom. The van der Waals surface area contributed by atoms with Crippen molar-refractivity contribution in [3.05, 3.63) is 0 Å². The second-order valence-corrected chi connectivity index (χ2v) is 4.13. The predicted octanol–water partition coefficient (Wildman–Crippen LogP) is 1.67. The summed E-state index contributed by atoms with van der Waals surface area (Å²) in [5.41, 5.74) is 0. The highest BCUT2D eigenvalue weighted by molar-refractivity contribution is 4.64. The average Bonchev–Trinajstić information content (AvgIpc) is 2.09. The molecule has 0 radical (unpaired) electrons. The van der Waals surface area contributed by atoms with E-state index in [2.05, 4.69) is 19.2 Å². The van der Waals surface area contributed by atoms with E-state index in [1.54, 1.807) is 0 Å². The van der Waals surface area contributed by atoms with Crippen LogP contribution in [0.4, 0.5) is 0 Å². The van der Waals surface area contributed by atoms with Crippen molar-refractivity contribution in [2.75, 3.05) is 26.8 Å². The van der Waals surface area contributed by atoms with Crippen molar-refractivity contribution in [2.45, 2.75) is 39.9 Å². The van der Waals surface area contributed by atoms with Crippen LogP contribution in [0.25, 0.3) is 0 Å². The highest BCUT2D eigenvalue weighted by atomic mass is 16.5. The highest BCUT2D eigenvalue weighted by Gasteiger charge is 2.12. The molecular formula is C11H25NO2. The Balaban J connectivity index is 3.50. The van der Waals surface area contributed by atoms with Crippen molar-refractivity contribution in [2.24, 2.45) is 5.92 Å². The summed E-state index contributed by atoms with van der Waals surface area (Å²) >= 11 is 0. The van der Waals surface area contributed by atoms with Crippen LogP contribution in [0.5, 0.6) is 0 Å². The molecule has 14 heavy (non-hydrogen) atoms. The zero-order valence-corrected chi connectivity index (χ0v) is 10.2. The lowest BCUT2D eigenvalue weighted by Crippen LogP contribution is -2.32. The molecule has 0 aromatic carbocycles. The molecule has 0 aliphatic rings. The molecule has 0 spiro atoms. The van der Waals surface area contributed by atoms with Gasteiger partial charge in [-0.15, -0.1) is 0 Å².